The number of carbonyl (C=O) groups is 5. The van der Waals surface area contributed by atoms with Crippen LogP contribution in [0.15, 0.2) is 39.2 Å². The van der Waals surface area contributed by atoms with E-state index in [2.05, 4.69) is 15.3 Å². The first-order valence-corrected chi connectivity index (χ1v) is 11.6. The van der Waals surface area contributed by atoms with Crippen LogP contribution in [-0.4, -0.2) is 81.8 Å². The molecule has 4 atom stereocenters. The lowest BCUT2D eigenvalue weighted by molar-refractivity contribution is -0.182. The van der Waals surface area contributed by atoms with E-state index in [0.717, 1.165) is 11.8 Å². The van der Waals surface area contributed by atoms with Gasteiger partial charge in [-0.1, -0.05) is 5.16 Å². The van der Waals surface area contributed by atoms with Crippen LogP contribution in [-0.2, 0) is 49.0 Å². The predicted molar refractivity (Wildman–Crippen MR) is 118 cm³/mol. The summed E-state index contributed by atoms with van der Waals surface area (Å²) in [6.45, 7) is 1.82. The third-order valence-electron chi connectivity index (χ3n) is 4.83. The second kappa shape index (κ2) is 11.0. The van der Waals surface area contributed by atoms with E-state index in [1.807, 2.05) is 0 Å². The predicted octanol–water partition coefficient (Wildman–Crippen LogP) is -1.15. The number of ether oxygens (including phenoxy) is 3. The van der Waals surface area contributed by atoms with Gasteiger partial charge in [0.2, 0.25) is 12.0 Å². The Hall–Kier alpha value is -4.21. The maximum absolute atomic E-state index is 13.0. The first-order valence-electron chi connectivity index (χ1n) is 10.2. The molecule has 3 amide bonds. The molecule has 1 fully saturated rings. The van der Waals surface area contributed by atoms with Gasteiger partial charge in [-0.25, -0.2) is 9.59 Å². The third kappa shape index (κ3) is 5.54. The zero-order chi connectivity index (χ0) is 26.6. The molecule has 15 nitrogen and oxygen atoms in total. The molecule has 1 aromatic rings. The van der Waals surface area contributed by atoms with Crippen molar-refractivity contribution in [1.82, 2.24) is 10.2 Å². The number of rotatable bonds is 9. The summed E-state index contributed by atoms with van der Waals surface area (Å²) in [5, 5.41) is 4.86. The fourth-order valence-electron chi connectivity index (χ4n) is 3.49. The van der Waals surface area contributed by atoms with Crippen molar-refractivity contribution >= 4 is 46.4 Å². The summed E-state index contributed by atoms with van der Waals surface area (Å²) in [5.41, 5.74) is 4.32. The highest BCUT2D eigenvalue weighted by Gasteiger charge is 2.58. The molecule has 3 N–H and O–H groups in total. The summed E-state index contributed by atoms with van der Waals surface area (Å²) in [5.74, 6) is -3.75. The van der Waals surface area contributed by atoms with Gasteiger partial charge in [0.05, 0.1) is 22.8 Å². The van der Waals surface area contributed by atoms with Gasteiger partial charge in [0.1, 0.15) is 30.8 Å². The van der Waals surface area contributed by atoms with E-state index in [-0.39, 0.29) is 28.5 Å². The van der Waals surface area contributed by atoms with E-state index >= 15 is 0 Å². The molecule has 3 heterocycles. The molecule has 2 aliphatic rings. The Morgan fingerprint density at radius 1 is 1.33 bits per heavy atom. The highest BCUT2D eigenvalue weighted by Crippen LogP contribution is 2.35. The smallest absolute Gasteiger partial charge is 0.404 e. The quantitative estimate of drug-likeness (QED) is 0.129. The highest BCUT2D eigenvalue weighted by atomic mass is 32.2. The number of carbonyl (C=O) groups excluding carboxylic acids is 5. The van der Waals surface area contributed by atoms with Crippen molar-refractivity contribution in [2.75, 3.05) is 19.5 Å². The second-order valence-electron chi connectivity index (χ2n) is 7.32. The van der Waals surface area contributed by atoms with E-state index in [4.69, 9.17) is 24.4 Å². The van der Waals surface area contributed by atoms with Gasteiger partial charge in [0.25, 0.3) is 11.8 Å². The van der Waals surface area contributed by atoms with Crippen molar-refractivity contribution in [3.8, 4) is 0 Å². The molecular formula is C20H22N4O11S. The molecule has 16 heteroatoms. The van der Waals surface area contributed by atoms with Gasteiger partial charge < -0.3 is 34.5 Å². The summed E-state index contributed by atoms with van der Waals surface area (Å²) in [6.07, 6.45) is -1.19. The SMILES string of the molecule is CO/N=C(\C(=O)NC1C(=O)N2C(C(=O)OC(C)OC(C)=O)=C(COC(N)=O)CS(=O)C12)c1ccco1. The summed E-state index contributed by atoms with van der Waals surface area (Å²) < 4.78 is 32.7. The van der Waals surface area contributed by atoms with E-state index < -0.39 is 65.0 Å². The summed E-state index contributed by atoms with van der Waals surface area (Å²) in [4.78, 5) is 66.5. The molecule has 1 saturated heterocycles. The van der Waals surface area contributed by atoms with Crippen molar-refractivity contribution in [2.24, 2.45) is 10.9 Å². The average Bonchev–Trinajstić information content (AvgIpc) is 3.32. The van der Waals surface area contributed by atoms with Crippen molar-refractivity contribution in [3.63, 3.8) is 0 Å². The molecule has 0 aliphatic carbocycles. The molecule has 194 valence electrons. The van der Waals surface area contributed by atoms with E-state index in [9.17, 15) is 28.2 Å². The van der Waals surface area contributed by atoms with Gasteiger partial charge in [0, 0.05) is 19.4 Å². The first-order chi connectivity index (χ1) is 17.0. The van der Waals surface area contributed by atoms with Crippen molar-refractivity contribution in [3.05, 3.63) is 35.4 Å². The van der Waals surface area contributed by atoms with E-state index in [1.165, 1.54) is 32.4 Å². The largest absolute Gasteiger partial charge is 0.462 e. The Morgan fingerprint density at radius 3 is 2.64 bits per heavy atom. The number of furan rings is 1. The Kier molecular flexibility index (Phi) is 8.08. The zero-order valence-corrected chi connectivity index (χ0v) is 20.1. The fourth-order valence-corrected chi connectivity index (χ4v) is 5.15. The first kappa shape index (κ1) is 26.4. The van der Waals surface area contributed by atoms with Crippen molar-refractivity contribution in [1.29, 1.82) is 0 Å². The maximum atomic E-state index is 13.0. The number of esters is 2. The number of oxime groups is 1. The zero-order valence-electron chi connectivity index (χ0n) is 19.2. The van der Waals surface area contributed by atoms with Gasteiger partial charge in [-0.05, 0) is 12.1 Å². The lowest BCUT2D eigenvalue weighted by Crippen LogP contribution is -2.74. The number of hydrogen-bond donors (Lipinski definition) is 2. The Balaban J connectivity index is 1.87. The van der Waals surface area contributed by atoms with Gasteiger partial charge in [-0.15, -0.1) is 0 Å². The summed E-state index contributed by atoms with van der Waals surface area (Å²) in [6, 6.07) is 1.65. The molecular weight excluding hydrogens is 504 g/mol. The lowest BCUT2D eigenvalue weighted by Gasteiger charge is -2.49. The van der Waals surface area contributed by atoms with Gasteiger partial charge in [0.15, 0.2) is 5.76 Å². The van der Waals surface area contributed by atoms with Gasteiger partial charge in [-0.3, -0.25) is 23.5 Å². The number of primary amides is 1. The minimum Gasteiger partial charge on any atom is -0.462 e. The number of nitrogens with one attached hydrogen (secondary N) is 1. The highest BCUT2D eigenvalue weighted by molar-refractivity contribution is 7.86. The molecule has 0 spiro atoms. The topological polar surface area (TPSA) is 206 Å². The fraction of sp³-hybridized carbons (Fsp3) is 0.400. The van der Waals surface area contributed by atoms with Gasteiger partial charge in [-0.2, -0.15) is 0 Å². The number of nitrogens with zero attached hydrogens (tertiary/aromatic N) is 2. The molecule has 2 aliphatic heterocycles. The monoisotopic (exact) mass is 526 g/mol. The Morgan fingerprint density at radius 2 is 2.06 bits per heavy atom. The van der Waals surface area contributed by atoms with Crippen molar-refractivity contribution < 1.29 is 51.6 Å². The maximum Gasteiger partial charge on any atom is 0.404 e. The van der Waals surface area contributed by atoms with Crippen LogP contribution in [0.25, 0.3) is 0 Å². The van der Waals surface area contributed by atoms with Gasteiger partial charge >= 0.3 is 18.0 Å². The Bertz CT molecular complexity index is 1160. The molecule has 4 unspecified atom stereocenters. The minimum atomic E-state index is -1.84. The number of hydrogen-bond acceptors (Lipinski definition) is 12. The molecule has 0 bridgehead atoms. The molecule has 3 rings (SSSR count). The minimum absolute atomic E-state index is 0.0150. The summed E-state index contributed by atoms with van der Waals surface area (Å²) >= 11 is 0. The standard InChI is InChI=1S/C20H22N4O11S/c1-9(25)34-10(2)35-19(28)15-11(7-33-20(21)29)8-36(30)18-14(17(27)24(15)18)22-16(26)13(23-31-3)12-5-4-6-32-12/h4-6,10,14,18H,7-8H2,1-3H3,(H2,21,29)(H,22,26)/b23-13-. The Labute approximate surface area is 205 Å². The molecule has 36 heavy (non-hydrogen) atoms. The number of amides is 3. The molecule has 0 radical (unpaired) electrons. The van der Waals surface area contributed by atoms with Crippen LogP contribution in [0.2, 0.25) is 0 Å². The van der Waals surface area contributed by atoms with Crippen LogP contribution in [0.5, 0.6) is 0 Å². The number of nitrogens with two attached hydrogens (primary N) is 1. The lowest BCUT2D eigenvalue weighted by atomic mass is 10.0. The average molecular weight is 526 g/mol. The van der Waals surface area contributed by atoms with E-state index in [1.54, 1.807) is 0 Å². The molecule has 0 aromatic carbocycles. The van der Waals surface area contributed by atoms with Crippen LogP contribution in [0.3, 0.4) is 0 Å². The molecule has 0 saturated carbocycles. The van der Waals surface area contributed by atoms with E-state index in [0.29, 0.717) is 0 Å². The molecule has 1 aromatic heterocycles. The summed E-state index contributed by atoms with van der Waals surface area (Å²) in [7, 11) is -0.634. The van der Waals surface area contributed by atoms with Crippen LogP contribution >= 0.6 is 0 Å². The number of fused-ring (bicyclic) bond motifs is 1. The number of β-lactam (4-membered cyclic amide) rings is 1. The van der Waals surface area contributed by atoms with Crippen LogP contribution < -0.4 is 11.1 Å². The van der Waals surface area contributed by atoms with Crippen molar-refractivity contribution in [2.45, 2.75) is 31.6 Å². The van der Waals surface area contributed by atoms with Crippen LogP contribution in [0.1, 0.15) is 19.6 Å². The normalized spacial score (nSPS) is 22.1. The van der Waals surface area contributed by atoms with Crippen LogP contribution in [0, 0.1) is 0 Å². The third-order valence-corrected chi connectivity index (χ3v) is 6.49. The second-order valence-corrected chi connectivity index (χ2v) is 8.85. The van der Waals surface area contributed by atoms with Crippen LogP contribution in [0.4, 0.5) is 4.79 Å².